The number of thioether (sulfide) groups is 1. The highest BCUT2D eigenvalue weighted by atomic mass is 35.5. The van der Waals surface area contributed by atoms with E-state index in [9.17, 15) is 4.79 Å². The van der Waals surface area contributed by atoms with Crippen LogP contribution in [0.25, 0.3) is 0 Å². The third kappa shape index (κ3) is 4.30. The number of nitrogens with zero attached hydrogens (tertiary/aromatic N) is 3. The van der Waals surface area contributed by atoms with Crippen LogP contribution < -0.4 is 10.1 Å². The van der Waals surface area contributed by atoms with Crippen molar-refractivity contribution in [3.63, 3.8) is 0 Å². The molecule has 0 fully saturated rings. The third-order valence-corrected chi connectivity index (χ3v) is 4.67. The SMILES string of the molecule is C=CCn1c(C)nnc1SCC(=O)Nc1cc(C)c(Cl)cc1OC. The summed E-state index contributed by atoms with van der Waals surface area (Å²) in [7, 11) is 1.53. The highest BCUT2D eigenvalue weighted by molar-refractivity contribution is 7.99. The predicted octanol–water partition coefficient (Wildman–Crippen LogP) is 3.47. The Bertz CT molecular complexity index is 761. The standard InChI is InChI=1S/C16H19ClN4O2S/c1-5-6-21-11(3)19-20-16(21)24-9-15(22)18-13-7-10(2)12(17)8-14(13)23-4/h5,7-8H,1,6,9H2,2-4H3,(H,18,22). The van der Waals surface area contributed by atoms with Gasteiger partial charge in [0.1, 0.15) is 11.6 Å². The first kappa shape index (κ1) is 18.4. The molecule has 0 saturated heterocycles. The number of rotatable bonds is 7. The van der Waals surface area contributed by atoms with Gasteiger partial charge >= 0.3 is 0 Å². The van der Waals surface area contributed by atoms with Crippen LogP contribution in [0.4, 0.5) is 5.69 Å². The summed E-state index contributed by atoms with van der Waals surface area (Å²) in [6.45, 7) is 8.05. The predicted molar refractivity (Wildman–Crippen MR) is 97.1 cm³/mol. The Morgan fingerprint density at radius 1 is 1.46 bits per heavy atom. The molecule has 1 amide bonds. The van der Waals surface area contributed by atoms with Gasteiger partial charge in [0, 0.05) is 17.6 Å². The van der Waals surface area contributed by atoms with Crippen LogP contribution in [0.15, 0.2) is 29.9 Å². The normalized spacial score (nSPS) is 10.5. The van der Waals surface area contributed by atoms with Crippen LogP contribution in [-0.2, 0) is 11.3 Å². The fourth-order valence-electron chi connectivity index (χ4n) is 2.05. The topological polar surface area (TPSA) is 69.0 Å². The second-order valence-electron chi connectivity index (χ2n) is 5.07. The van der Waals surface area contributed by atoms with Crippen LogP contribution in [0.5, 0.6) is 5.75 Å². The Kier molecular flexibility index (Phi) is 6.28. The molecule has 0 aliphatic rings. The smallest absolute Gasteiger partial charge is 0.234 e. The molecule has 1 heterocycles. The summed E-state index contributed by atoms with van der Waals surface area (Å²) in [5.74, 6) is 1.35. The minimum atomic E-state index is -0.161. The lowest BCUT2D eigenvalue weighted by atomic mass is 10.2. The fourth-order valence-corrected chi connectivity index (χ4v) is 3.00. The van der Waals surface area contributed by atoms with E-state index < -0.39 is 0 Å². The van der Waals surface area contributed by atoms with Crippen LogP contribution in [0.3, 0.4) is 0 Å². The molecule has 1 aromatic heterocycles. The lowest BCUT2D eigenvalue weighted by Crippen LogP contribution is -2.15. The number of methoxy groups -OCH3 is 1. The molecule has 2 aromatic rings. The highest BCUT2D eigenvalue weighted by Gasteiger charge is 2.13. The zero-order chi connectivity index (χ0) is 17.7. The molecule has 24 heavy (non-hydrogen) atoms. The van der Waals surface area contributed by atoms with Crippen molar-refractivity contribution < 1.29 is 9.53 Å². The molecule has 0 aliphatic carbocycles. The maximum atomic E-state index is 12.2. The zero-order valence-electron chi connectivity index (χ0n) is 13.8. The molecule has 128 valence electrons. The minimum absolute atomic E-state index is 0.161. The van der Waals surface area contributed by atoms with Crippen LogP contribution in [0.2, 0.25) is 5.02 Å². The van der Waals surface area contributed by atoms with Gasteiger partial charge in [-0.05, 0) is 25.5 Å². The number of nitrogens with one attached hydrogen (secondary N) is 1. The molecule has 0 radical (unpaired) electrons. The molecule has 0 aliphatic heterocycles. The monoisotopic (exact) mass is 366 g/mol. The maximum Gasteiger partial charge on any atom is 0.234 e. The molecule has 2 rings (SSSR count). The summed E-state index contributed by atoms with van der Waals surface area (Å²) in [6, 6.07) is 3.47. The number of hydrogen-bond donors (Lipinski definition) is 1. The van der Waals surface area contributed by atoms with Gasteiger partial charge in [0.2, 0.25) is 5.91 Å². The van der Waals surface area contributed by atoms with Gasteiger partial charge in [-0.1, -0.05) is 29.4 Å². The van der Waals surface area contributed by atoms with E-state index in [1.807, 2.05) is 18.4 Å². The van der Waals surface area contributed by atoms with Crippen molar-refractivity contribution in [2.24, 2.45) is 0 Å². The Morgan fingerprint density at radius 2 is 2.21 bits per heavy atom. The quantitative estimate of drug-likeness (QED) is 0.600. The number of carbonyl (C=O) groups excluding carboxylic acids is 1. The molecule has 0 bridgehead atoms. The van der Waals surface area contributed by atoms with E-state index in [-0.39, 0.29) is 11.7 Å². The second-order valence-corrected chi connectivity index (χ2v) is 6.42. The first-order valence-electron chi connectivity index (χ1n) is 7.23. The number of halogens is 1. The lowest BCUT2D eigenvalue weighted by Gasteiger charge is -2.12. The van der Waals surface area contributed by atoms with Crippen LogP contribution in [-0.4, -0.2) is 33.5 Å². The van der Waals surface area contributed by atoms with Gasteiger partial charge in [0.05, 0.1) is 18.6 Å². The average molecular weight is 367 g/mol. The van der Waals surface area contributed by atoms with E-state index in [0.717, 1.165) is 11.4 Å². The molecule has 0 atom stereocenters. The van der Waals surface area contributed by atoms with Crippen molar-refractivity contribution in [2.75, 3.05) is 18.2 Å². The van der Waals surface area contributed by atoms with Crippen molar-refractivity contribution in [1.29, 1.82) is 0 Å². The Hall–Kier alpha value is -1.99. The number of allylic oxidation sites excluding steroid dienone is 1. The second kappa shape index (κ2) is 8.21. The van der Waals surface area contributed by atoms with E-state index >= 15 is 0 Å². The third-order valence-electron chi connectivity index (χ3n) is 3.30. The largest absolute Gasteiger partial charge is 0.495 e. The van der Waals surface area contributed by atoms with Crippen molar-refractivity contribution in [3.8, 4) is 5.75 Å². The molecule has 8 heteroatoms. The number of carbonyl (C=O) groups is 1. The maximum absolute atomic E-state index is 12.2. The molecule has 1 aromatic carbocycles. The number of ether oxygens (including phenoxy) is 1. The molecule has 1 N–H and O–H groups in total. The van der Waals surface area contributed by atoms with E-state index in [4.69, 9.17) is 16.3 Å². The van der Waals surface area contributed by atoms with E-state index in [0.29, 0.717) is 28.2 Å². The summed E-state index contributed by atoms with van der Waals surface area (Å²) < 4.78 is 7.16. The minimum Gasteiger partial charge on any atom is -0.495 e. The van der Waals surface area contributed by atoms with Gasteiger partial charge in [0.25, 0.3) is 0 Å². The summed E-state index contributed by atoms with van der Waals surface area (Å²) in [4.78, 5) is 12.2. The highest BCUT2D eigenvalue weighted by Crippen LogP contribution is 2.31. The Balaban J connectivity index is 2.04. The summed E-state index contributed by atoms with van der Waals surface area (Å²) in [5.41, 5.74) is 1.45. The average Bonchev–Trinajstić information content (AvgIpc) is 2.89. The fraction of sp³-hybridized carbons (Fsp3) is 0.312. The van der Waals surface area contributed by atoms with Gasteiger partial charge in [0.15, 0.2) is 5.16 Å². The Morgan fingerprint density at radius 3 is 2.88 bits per heavy atom. The molecule has 0 unspecified atom stereocenters. The molecule has 0 spiro atoms. The number of anilines is 1. The zero-order valence-corrected chi connectivity index (χ0v) is 15.4. The number of aromatic nitrogens is 3. The summed E-state index contributed by atoms with van der Waals surface area (Å²) in [6.07, 6.45) is 1.77. The van der Waals surface area contributed by atoms with E-state index in [1.165, 1.54) is 18.9 Å². The van der Waals surface area contributed by atoms with Crippen LogP contribution in [0.1, 0.15) is 11.4 Å². The van der Waals surface area contributed by atoms with Gasteiger partial charge in [-0.15, -0.1) is 16.8 Å². The van der Waals surface area contributed by atoms with Crippen molar-refractivity contribution in [1.82, 2.24) is 14.8 Å². The summed E-state index contributed by atoms with van der Waals surface area (Å²) in [5, 5.41) is 12.2. The molecular weight excluding hydrogens is 348 g/mol. The van der Waals surface area contributed by atoms with Crippen molar-refractivity contribution in [3.05, 3.63) is 41.2 Å². The molecule has 0 saturated carbocycles. The lowest BCUT2D eigenvalue weighted by molar-refractivity contribution is -0.113. The van der Waals surface area contributed by atoms with Gasteiger partial charge < -0.3 is 14.6 Å². The number of benzene rings is 1. The number of aryl methyl sites for hydroxylation is 2. The van der Waals surface area contributed by atoms with Gasteiger partial charge in [-0.2, -0.15) is 0 Å². The first-order chi connectivity index (χ1) is 11.5. The first-order valence-corrected chi connectivity index (χ1v) is 8.60. The Labute approximate surface area is 150 Å². The van der Waals surface area contributed by atoms with Crippen LogP contribution in [0, 0.1) is 13.8 Å². The van der Waals surface area contributed by atoms with Gasteiger partial charge in [-0.3, -0.25) is 4.79 Å². The van der Waals surface area contributed by atoms with Gasteiger partial charge in [-0.25, -0.2) is 0 Å². The van der Waals surface area contributed by atoms with Crippen molar-refractivity contribution in [2.45, 2.75) is 25.5 Å². The van der Waals surface area contributed by atoms with Crippen molar-refractivity contribution >= 4 is 35.0 Å². The van der Waals surface area contributed by atoms with E-state index in [1.54, 1.807) is 18.2 Å². The number of amides is 1. The van der Waals surface area contributed by atoms with Crippen LogP contribution >= 0.6 is 23.4 Å². The number of hydrogen-bond acceptors (Lipinski definition) is 5. The van der Waals surface area contributed by atoms with E-state index in [2.05, 4.69) is 22.1 Å². The molecular formula is C16H19ClN4O2S. The molecule has 6 nitrogen and oxygen atoms in total. The summed E-state index contributed by atoms with van der Waals surface area (Å²) >= 11 is 7.39.